The number of para-hydroxylation sites is 1. The van der Waals surface area contributed by atoms with Crippen molar-refractivity contribution in [2.24, 2.45) is 0 Å². The van der Waals surface area contributed by atoms with Gasteiger partial charge in [0, 0.05) is 24.6 Å². The molecule has 0 unspecified atom stereocenters. The highest BCUT2D eigenvalue weighted by Gasteiger charge is 2.19. The first-order valence-corrected chi connectivity index (χ1v) is 7.06. The quantitative estimate of drug-likeness (QED) is 0.865. The summed E-state index contributed by atoms with van der Waals surface area (Å²) in [4.78, 5) is 16.7. The van der Waals surface area contributed by atoms with Crippen LogP contribution in [-0.4, -0.2) is 30.1 Å². The van der Waals surface area contributed by atoms with E-state index in [9.17, 15) is 4.79 Å². The van der Waals surface area contributed by atoms with E-state index in [1.54, 1.807) is 6.07 Å². The van der Waals surface area contributed by atoms with E-state index < -0.39 is 0 Å². The zero-order chi connectivity index (χ0) is 13.9. The van der Waals surface area contributed by atoms with Crippen LogP contribution in [0, 0.1) is 0 Å². The third-order valence-electron chi connectivity index (χ3n) is 3.49. The first kappa shape index (κ1) is 13.3. The van der Waals surface area contributed by atoms with Crippen LogP contribution in [0.2, 0.25) is 5.15 Å². The van der Waals surface area contributed by atoms with Gasteiger partial charge in [-0.3, -0.25) is 4.79 Å². The molecular weight excluding hydrogens is 276 g/mol. The summed E-state index contributed by atoms with van der Waals surface area (Å²) in [6.07, 6.45) is 1.70. The van der Waals surface area contributed by atoms with Gasteiger partial charge < -0.3 is 10.1 Å². The Morgan fingerprint density at radius 2 is 2.05 bits per heavy atom. The number of aromatic nitrogens is 1. The lowest BCUT2D eigenvalue weighted by Gasteiger charge is -2.23. The van der Waals surface area contributed by atoms with Crippen LogP contribution in [0.15, 0.2) is 30.3 Å². The summed E-state index contributed by atoms with van der Waals surface area (Å²) >= 11 is 6.00. The van der Waals surface area contributed by atoms with Crippen molar-refractivity contribution in [3.05, 3.63) is 41.0 Å². The predicted octanol–water partition coefficient (Wildman–Crippen LogP) is 2.80. The van der Waals surface area contributed by atoms with Crippen LogP contribution in [0.1, 0.15) is 23.2 Å². The molecule has 0 radical (unpaired) electrons. The molecule has 1 saturated heterocycles. The number of ether oxygens (including phenoxy) is 1. The Hall–Kier alpha value is -1.65. The van der Waals surface area contributed by atoms with Crippen LogP contribution in [0.25, 0.3) is 10.9 Å². The Kier molecular flexibility index (Phi) is 3.85. The van der Waals surface area contributed by atoms with E-state index in [4.69, 9.17) is 16.3 Å². The van der Waals surface area contributed by atoms with Crippen molar-refractivity contribution in [1.82, 2.24) is 10.3 Å². The first-order chi connectivity index (χ1) is 9.74. The summed E-state index contributed by atoms with van der Waals surface area (Å²) in [5.74, 6) is -0.0996. The van der Waals surface area contributed by atoms with Gasteiger partial charge in [-0.2, -0.15) is 0 Å². The molecule has 20 heavy (non-hydrogen) atoms. The second kappa shape index (κ2) is 5.77. The number of halogens is 1. The Balaban J connectivity index is 1.90. The third-order valence-corrected chi connectivity index (χ3v) is 3.68. The van der Waals surface area contributed by atoms with Crippen molar-refractivity contribution in [3.63, 3.8) is 0 Å². The minimum Gasteiger partial charge on any atom is -0.381 e. The lowest BCUT2D eigenvalue weighted by atomic mass is 10.1. The molecule has 1 amide bonds. The molecule has 3 rings (SSSR count). The summed E-state index contributed by atoms with van der Waals surface area (Å²) in [5, 5.41) is 4.20. The molecule has 0 saturated carbocycles. The number of hydrogen-bond acceptors (Lipinski definition) is 3. The normalized spacial score (nSPS) is 16.2. The molecule has 2 aromatic rings. The third kappa shape index (κ3) is 2.76. The molecule has 1 fully saturated rings. The molecule has 2 heterocycles. The average Bonchev–Trinajstić information content (AvgIpc) is 2.47. The van der Waals surface area contributed by atoms with E-state index in [-0.39, 0.29) is 11.9 Å². The number of benzene rings is 1. The van der Waals surface area contributed by atoms with E-state index in [1.165, 1.54) is 0 Å². The standard InChI is InChI=1S/C15H15ClN2O2/c16-14-9-12(11-3-1-2-4-13(11)18-14)15(19)17-10-5-7-20-8-6-10/h1-4,9-10H,5-8H2,(H,17,19). The highest BCUT2D eigenvalue weighted by Crippen LogP contribution is 2.21. The first-order valence-electron chi connectivity index (χ1n) is 6.68. The van der Waals surface area contributed by atoms with Crippen LogP contribution in [0.5, 0.6) is 0 Å². The Morgan fingerprint density at radius 1 is 1.30 bits per heavy atom. The molecule has 0 aliphatic carbocycles. The number of nitrogens with zero attached hydrogens (tertiary/aromatic N) is 1. The number of amides is 1. The van der Waals surface area contributed by atoms with Crippen LogP contribution in [-0.2, 0) is 4.74 Å². The molecule has 4 nitrogen and oxygen atoms in total. The molecular formula is C15H15ClN2O2. The van der Waals surface area contributed by atoms with Crippen LogP contribution in [0.4, 0.5) is 0 Å². The average molecular weight is 291 g/mol. The van der Waals surface area contributed by atoms with Gasteiger partial charge in [0.05, 0.1) is 11.1 Å². The molecule has 0 bridgehead atoms. The van der Waals surface area contributed by atoms with Gasteiger partial charge in [0.2, 0.25) is 0 Å². The van der Waals surface area contributed by atoms with E-state index in [1.807, 2.05) is 24.3 Å². The van der Waals surface area contributed by atoms with Crippen LogP contribution >= 0.6 is 11.6 Å². The summed E-state index contributed by atoms with van der Waals surface area (Å²) in [6.45, 7) is 1.39. The van der Waals surface area contributed by atoms with Gasteiger partial charge in [0.1, 0.15) is 5.15 Å². The van der Waals surface area contributed by atoms with Crippen molar-refractivity contribution in [3.8, 4) is 0 Å². The Labute approximate surface area is 122 Å². The molecule has 1 aromatic heterocycles. The second-order valence-corrected chi connectivity index (χ2v) is 5.26. The van der Waals surface area contributed by atoms with E-state index in [0.717, 1.165) is 23.7 Å². The molecule has 0 spiro atoms. The number of carbonyl (C=O) groups excluding carboxylic acids is 1. The van der Waals surface area contributed by atoms with Crippen molar-refractivity contribution >= 4 is 28.4 Å². The summed E-state index contributed by atoms with van der Waals surface area (Å²) < 4.78 is 5.29. The summed E-state index contributed by atoms with van der Waals surface area (Å²) in [6, 6.07) is 9.30. The molecule has 1 aliphatic heterocycles. The molecule has 0 atom stereocenters. The zero-order valence-electron chi connectivity index (χ0n) is 10.9. The van der Waals surface area contributed by atoms with E-state index >= 15 is 0 Å². The van der Waals surface area contributed by atoms with Gasteiger partial charge >= 0.3 is 0 Å². The maximum absolute atomic E-state index is 12.4. The van der Waals surface area contributed by atoms with Gasteiger partial charge in [-0.1, -0.05) is 29.8 Å². The smallest absolute Gasteiger partial charge is 0.252 e. The van der Waals surface area contributed by atoms with Crippen LogP contribution < -0.4 is 5.32 Å². The fourth-order valence-corrected chi connectivity index (χ4v) is 2.64. The van der Waals surface area contributed by atoms with Crippen molar-refractivity contribution in [1.29, 1.82) is 0 Å². The maximum Gasteiger partial charge on any atom is 0.252 e. The number of fused-ring (bicyclic) bond motifs is 1. The maximum atomic E-state index is 12.4. The number of pyridine rings is 1. The lowest BCUT2D eigenvalue weighted by Crippen LogP contribution is -2.39. The van der Waals surface area contributed by atoms with Gasteiger partial charge in [-0.15, -0.1) is 0 Å². The Morgan fingerprint density at radius 3 is 2.85 bits per heavy atom. The summed E-state index contributed by atoms with van der Waals surface area (Å²) in [5.41, 5.74) is 1.31. The SMILES string of the molecule is O=C(NC1CCOCC1)c1cc(Cl)nc2ccccc12. The molecule has 1 N–H and O–H groups in total. The van der Waals surface area contributed by atoms with Crippen LogP contribution in [0.3, 0.4) is 0 Å². The summed E-state index contributed by atoms with van der Waals surface area (Å²) in [7, 11) is 0. The van der Waals surface area contributed by atoms with Crippen molar-refractivity contribution < 1.29 is 9.53 Å². The van der Waals surface area contributed by atoms with E-state index in [0.29, 0.717) is 23.9 Å². The second-order valence-electron chi connectivity index (χ2n) is 4.87. The highest BCUT2D eigenvalue weighted by molar-refractivity contribution is 6.30. The zero-order valence-corrected chi connectivity index (χ0v) is 11.7. The van der Waals surface area contributed by atoms with Crippen molar-refractivity contribution in [2.45, 2.75) is 18.9 Å². The molecule has 104 valence electrons. The van der Waals surface area contributed by atoms with E-state index in [2.05, 4.69) is 10.3 Å². The molecule has 5 heteroatoms. The van der Waals surface area contributed by atoms with Gasteiger partial charge in [0.15, 0.2) is 0 Å². The van der Waals surface area contributed by atoms with Gasteiger partial charge in [-0.25, -0.2) is 4.98 Å². The number of nitrogens with one attached hydrogen (secondary N) is 1. The van der Waals surface area contributed by atoms with Gasteiger partial charge in [0.25, 0.3) is 5.91 Å². The predicted molar refractivity (Wildman–Crippen MR) is 78.1 cm³/mol. The fourth-order valence-electron chi connectivity index (χ4n) is 2.44. The largest absolute Gasteiger partial charge is 0.381 e. The highest BCUT2D eigenvalue weighted by atomic mass is 35.5. The number of rotatable bonds is 2. The molecule has 1 aliphatic rings. The van der Waals surface area contributed by atoms with Crippen molar-refractivity contribution in [2.75, 3.05) is 13.2 Å². The molecule has 1 aromatic carbocycles. The Bertz CT molecular complexity index is 639. The fraction of sp³-hybridized carbons (Fsp3) is 0.333. The van der Waals surface area contributed by atoms with Gasteiger partial charge in [-0.05, 0) is 25.0 Å². The monoisotopic (exact) mass is 290 g/mol. The minimum absolute atomic E-state index is 0.0996. The number of carbonyl (C=O) groups is 1. The minimum atomic E-state index is -0.0996. The number of hydrogen-bond donors (Lipinski definition) is 1. The lowest BCUT2D eigenvalue weighted by molar-refractivity contribution is 0.0697. The topological polar surface area (TPSA) is 51.2 Å².